The van der Waals surface area contributed by atoms with E-state index in [1.54, 1.807) is 7.11 Å². The van der Waals surface area contributed by atoms with Crippen LogP contribution in [0, 0.1) is 0 Å². The fraction of sp³-hybridized carbons (Fsp3) is 0.353. The van der Waals surface area contributed by atoms with Crippen molar-refractivity contribution in [1.29, 1.82) is 0 Å². The molecular weight excluding hydrogens is 308 g/mol. The van der Waals surface area contributed by atoms with Crippen LogP contribution < -0.4 is 10.1 Å². The van der Waals surface area contributed by atoms with E-state index in [0.29, 0.717) is 0 Å². The molecule has 0 saturated heterocycles. The van der Waals surface area contributed by atoms with Gasteiger partial charge in [0.25, 0.3) is 0 Å². The summed E-state index contributed by atoms with van der Waals surface area (Å²) in [5, 5.41) is 3.15. The summed E-state index contributed by atoms with van der Waals surface area (Å²) in [6, 6.07) is 6.23. The first kappa shape index (κ1) is 15.8. The fourth-order valence-corrected chi connectivity index (χ4v) is 3.81. The summed E-state index contributed by atoms with van der Waals surface area (Å²) in [6.45, 7) is 2.18. The quantitative estimate of drug-likeness (QED) is 0.907. The third kappa shape index (κ3) is 2.79. The van der Waals surface area contributed by atoms with Gasteiger partial charge in [0.1, 0.15) is 11.6 Å². The molecule has 122 valence electrons. The van der Waals surface area contributed by atoms with Gasteiger partial charge in [-0.25, -0.2) is 4.98 Å². The number of thioether (sulfide) groups is 1. The van der Waals surface area contributed by atoms with Gasteiger partial charge in [0, 0.05) is 43.8 Å². The van der Waals surface area contributed by atoms with Crippen LogP contribution >= 0.6 is 11.8 Å². The lowest BCUT2D eigenvalue weighted by Crippen LogP contribution is -2.29. The Labute approximate surface area is 141 Å². The average Bonchev–Trinajstić information content (AvgIpc) is 3.05. The second-order valence-corrected chi connectivity index (χ2v) is 6.61. The highest BCUT2D eigenvalue weighted by atomic mass is 32.2. The number of hydrogen-bond donors (Lipinski definition) is 1. The first-order valence-corrected chi connectivity index (χ1v) is 8.69. The number of methoxy groups -OCH3 is 1. The molecule has 0 spiro atoms. The van der Waals surface area contributed by atoms with Crippen molar-refractivity contribution >= 4 is 29.2 Å². The molecule has 0 radical (unpaired) electrons. The maximum atomic E-state index is 5.50. The van der Waals surface area contributed by atoms with Crippen LogP contribution in [0.3, 0.4) is 0 Å². The van der Waals surface area contributed by atoms with Crippen molar-refractivity contribution in [3.63, 3.8) is 0 Å². The van der Waals surface area contributed by atoms with Crippen LogP contribution in [0.2, 0.25) is 0 Å². The van der Waals surface area contributed by atoms with Crippen LogP contribution in [0.1, 0.15) is 23.8 Å². The first-order valence-electron chi connectivity index (χ1n) is 7.64. The van der Waals surface area contributed by atoms with E-state index in [2.05, 4.69) is 51.9 Å². The second-order valence-electron chi connectivity index (χ2n) is 5.28. The number of benzene rings is 1. The molecule has 0 fully saturated rings. The number of fused-ring (bicyclic) bond motifs is 1. The highest BCUT2D eigenvalue weighted by Crippen LogP contribution is 2.39. The van der Waals surface area contributed by atoms with Gasteiger partial charge in [-0.2, -0.15) is 0 Å². The highest BCUT2D eigenvalue weighted by Gasteiger charge is 2.26. The summed E-state index contributed by atoms with van der Waals surface area (Å²) in [7, 11) is 5.72. The molecule has 5 nitrogen and oxygen atoms in total. The van der Waals surface area contributed by atoms with E-state index in [9.17, 15) is 0 Å². The molecule has 1 aliphatic rings. The Balaban J connectivity index is 2.05. The topological polar surface area (TPSA) is 42.3 Å². The Bertz CT molecular complexity index is 725. The third-order valence-corrected chi connectivity index (χ3v) is 5.17. The van der Waals surface area contributed by atoms with E-state index in [1.807, 2.05) is 37.3 Å². The second kappa shape index (κ2) is 6.58. The minimum absolute atomic E-state index is 0.215. The lowest BCUT2D eigenvalue weighted by atomic mass is 10.1. The maximum absolute atomic E-state index is 5.50. The number of hydrogen-bond acceptors (Lipinski definition) is 5. The lowest BCUT2D eigenvalue weighted by Gasteiger charge is -2.36. The van der Waals surface area contributed by atoms with E-state index in [1.165, 1.54) is 0 Å². The lowest BCUT2D eigenvalue weighted by molar-refractivity contribution is 0.361. The minimum atomic E-state index is 0.215. The molecule has 1 atom stereocenters. The first-order chi connectivity index (χ1) is 11.2. The van der Waals surface area contributed by atoms with Crippen molar-refractivity contribution in [2.24, 2.45) is 0 Å². The molecule has 23 heavy (non-hydrogen) atoms. The Morgan fingerprint density at radius 3 is 2.91 bits per heavy atom. The normalized spacial score (nSPS) is 16.8. The Hall–Kier alpha value is -2.08. The number of nitrogens with zero attached hydrogens (tertiary/aromatic N) is 3. The summed E-state index contributed by atoms with van der Waals surface area (Å²) in [5.74, 6) is 2.87. The average molecular weight is 330 g/mol. The molecule has 1 N–H and O–H groups in total. The molecule has 1 unspecified atom stereocenters. The number of ether oxygens (including phenoxy) is 1. The van der Waals surface area contributed by atoms with Gasteiger partial charge in [-0.1, -0.05) is 13.0 Å². The summed E-state index contributed by atoms with van der Waals surface area (Å²) >= 11 is 1.89. The van der Waals surface area contributed by atoms with Crippen LogP contribution in [0.25, 0.3) is 11.8 Å². The zero-order chi connectivity index (χ0) is 16.4. The predicted octanol–water partition coefficient (Wildman–Crippen LogP) is 3.59. The predicted molar refractivity (Wildman–Crippen MR) is 97.6 cm³/mol. The van der Waals surface area contributed by atoms with Crippen LogP contribution in [0.5, 0.6) is 5.75 Å². The molecule has 3 rings (SSSR count). The van der Waals surface area contributed by atoms with Crippen molar-refractivity contribution in [1.82, 2.24) is 14.5 Å². The Morgan fingerprint density at radius 1 is 1.39 bits per heavy atom. The monoisotopic (exact) mass is 330 g/mol. The number of aromatic nitrogens is 2. The van der Waals surface area contributed by atoms with Crippen molar-refractivity contribution in [3.8, 4) is 5.75 Å². The summed E-state index contributed by atoms with van der Waals surface area (Å²) in [5.41, 5.74) is 3.47. The summed E-state index contributed by atoms with van der Waals surface area (Å²) in [4.78, 5) is 6.77. The van der Waals surface area contributed by atoms with Gasteiger partial charge in [0.15, 0.2) is 5.50 Å². The van der Waals surface area contributed by atoms with Crippen LogP contribution in [0.4, 0.5) is 5.69 Å². The molecule has 2 heterocycles. The largest absolute Gasteiger partial charge is 0.495 e. The van der Waals surface area contributed by atoms with Gasteiger partial charge in [-0.3, -0.25) is 0 Å². The number of nitrogens with one attached hydrogen (secondary N) is 1. The summed E-state index contributed by atoms with van der Waals surface area (Å²) in [6.07, 6.45) is 6.02. The van der Waals surface area contributed by atoms with Crippen LogP contribution in [-0.2, 0) is 0 Å². The van der Waals surface area contributed by atoms with E-state index in [4.69, 9.17) is 4.74 Å². The van der Waals surface area contributed by atoms with Crippen LogP contribution in [0.15, 0.2) is 30.6 Å². The van der Waals surface area contributed by atoms with E-state index >= 15 is 0 Å². The molecule has 1 aromatic carbocycles. The van der Waals surface area contributed by atoms with E-state index < -0.39 is 0 Å². The number of anilines is 1. The molecule has 6 heteroatoms. The number of imidazole rings is 1. The Kier molecular flexibility index (Phi) is 4.52. The molecule has 1 aliphatic heterocycles. The van der Waals surface area contributed by atoms with Gasteiger partial charge in [-0.05, 0) is 17.9 Å². The fourth-order valence-electron chi connectivity index (χ4n) is 2.84. The SMILES string of the molecule is CCSC1N(C)C(c2ccc(NC)c(OC)c2)=Cc2nccn21. The van der Waals surface area contributed by atoms with Crippen molar-refractivity contribution in [2.45, 2.75) is 12.4 Å². The van der Waals surface area contributed by atoms with Gasteiger partial charge < -0.3 is 19.5 Å². The zero-order valence-corrected chi connectivity index (χ0v) is 14.7. The van der Waals surface area contributed by atoms with Gasteiger partial charge in [0.05, 0.1) is 12.8 Å². The zero-order valence-electron chi connectivity index (χ0n) is 13.9. The summed E-state index contributed by atoms with van der Waals surface area (Å²) < 4.78 is 7.70. The van der Waals surface area contributed by atoms with E-state index in [0.717, 1.165) is 34.3 Å². The van der Waals surface area contributed by atoms with Crippen molar-refractivity contribution < 1.29 is 4.74 Å². The van der Waals surface area contributed by atoms with Gasteiger partial charge in [0.2, 0.25) is 0 Å². The van der Waals surface area contributed by atoms with Crippen molar-refractivity contribution in [3.05, 3.63) is 42.0 Å². The number of rotatable bonds is 5. The molecule has 0 saturated carbocycles. The standard InChI is InChI=1S/C17H22N4OS/c1-5-23-17-20(3)14(11-16-19-8-9-21(16)17)12-6-7-13(18-2)15(10-12)22-4/h6-11,17-18H,5H2,1-4H3. The van der Waals surface area contributed by atoms with Gasteiger partial charge >= 0.3 is 0 Å². The molecule has 0 bridgehead atoms. The molecule has 0 amide bonds. The van der Waals surface area contributed by atoms with Gasteiger partial charge in [-0.15, -0.1) is 11.8 Å². The minimum Gasteiger partial charge on any atom is -0.495 e. The van der Waals surface area contributed by atoms with Crippen molar-refractivity contribution in [2.75, 3.05) is 32.3 Å². The maximum Gasteiger partial charge on any atom is 0.155 e. The molecule has 2 aromatic rings. The third-order valence-electron chi connectivity index (χ3n) is 4.00. The van der Waals surface area contributed by atoms with E-state index in [-0.39, 0.29) is 5.50 Å². The molecule has 1 aromatic heterocycles. The Morgan fingerprint density at radius 2 is 2.22 bits per heavy atom. The van der Waals surface area contributed by atoms with Crippen LogP contribution in [-0.4, -0.2) is 41.4 Å². The molecule has 0 aliphatic carbocycles. The molecular formula is C17H22N4OS. The smallest absolute Gasteiger partial charge is 0.155 e. The highest BCUT2D eigenvalue weighted by molar-refractivity contribution is 7.99.